The summed E-state index contributed by atoms with van der Waals surface area (Å²) in [5.41, 5.74) is -0.0972. The van der Waals surface area contributed by atoms with Gasteiger partial charge in [-0.05, 0) is 25.9 Å². The molecule has 1 saturated heterocycles. The number of hydrogen-bond acceptors (Lipinski definition) is 3. The van der Waals surface area contributed by atoms with Gasteiger partial charge >= 0.3 is 0 Å². The zero-order chi connectivity index (χ0) is 8.16. The van der Waals surface area contributed by atoms with E-state index in [2.05, 4.69) is 11.4 Å². The van der Waals surface area contributed by atoms with Crippen LogP contribution in [0.2, 0.25) is 0 Å². The van der Waals surface area contributed by atoms with Crippen LogP contribution >= 0.6 is 0 Å². The smallest absolute Gasteiger partial charge is 0.0628 e. The fraction of sp³-hybridized carbons (Fsp3) is 0.875. The molecule has 0 aromatic carbocycles. The molecule has 0 saturated carbocycles. The highest BCUT2D eigenvalue weighted by Crippen LogP contribution is 2.31. The van der Waals surface area contributed by atoms with Crippen LogP contribution in [0.5, 0.6) is 0 Å². The van der Waals surface area contributed by atoms with Crippen molar-refractivity contribution in [2.75, 3.05) is 19.7 Å². The summed E-state index contributed by atoms with van der Waals surface area (Å²) in [5, 5.41) is 20.8. The molecule has 0 spiro atoms. The lowest BCUT2D eigenvalue weighted by Crippen LogP contribution is -2.38. The van der Waals surface area contributed by atoms with E-state index >= 15 is 0 Å². The van der Waals surface area contributed by atoms with E-state index in [9.17, 15) is 0 Å². The maximum Gasteiger partial charge on any atom is 0.0628 e. The molecule has 3 nitrogen and oxygen atoms in total. The Kier molecular flexibility index (Phi) is 2.86. The van der Waals surface area contributed by atoms with Crippen LogP contribution in [-0.4, -0.2) is 24.8 Å². The molecule has 1 rings (SSSR count). The summed E-state index contributed by atoms with van der Waals surface area (Å²) < 4.78 is 0. The number of nitriles is 1. The minimum Gasteiger partial charge on any atom is -0.396 e. The van der Waals surface area contributed by atoms with Gasteiger partial charge in [-0.25, -0.2) is 0 Å². The number of nitrogens with zero attached hydrogens (tertiary/aromatic N) is 1. The van der Waals surface area contributed by atoms with Gasteiger partial charge in [0.05, 0.1) is 6.07 Å². The predicted octanol–water partition coefficient (Wildman–Crippen LogP) is 0.262. The van der Waals surface area contributed by atoms with Crippen LogP contribution in [-0.2, 0) is 0 Å². The molecule has 0 aliphatic carbocycles. The molecule has 3 heteroatoms. The number of rotatable bonds is 2. The zero-order valence-corrected chi connectivity index (χ0v) is 6.64. The molecule has 2 N–H and O–H groups in total. The van der Waals surface area contributed by atoms with Gasteiger partial charge in [-0.3, -0.25) is 0 Å². The van der Waals surface area contributed by atoms with Crippen molar-refractivity contribution in [1.29, 1.82) is 5.26 Å². The molecule has 0 atom stereocenters. The Morgan fingerprint density at radius 3 is 2.55 bits per heavy atom. The van der Waals surface area contributed by atoms with Crippen LogP contribution < -0.4 is 5.32 Å². The predicted molar refractivity (Wildman–Crippen MR) is 41.9 cm³/mol. The van der Waals surface area contributed by atoms with Gasteiger partial charge in [-0.15, -0.1) is 0 Å². The number of aliphatic hydroxyl groups is 1. The monoisotopic (exact) mass is 154 g/mol. The first kappa shape index (κ1) is 8.51. The maximum atomic E-state index is 9.09. The summed E-state index contributed by atoms with van der Waals surface area (Å²) in [6.45, 7) is 2.02. The first-order valence-corrected chi connectivity index (χ1v) is 4.01. The zero-order valence-electron chi connectivity index (χ0n) is 6.64. The van der Waals surface area contributed by atoms with Gasteiger partial charge in [0.25, 0.3) is 0 Å². The van der Waals surface area contributed by atoms with Crippen molar-refractivity contribution < 1.29 is 5.11 Å². The highest BCUT2D eigenvalue weighted by atomic mass is 16.3. The van der Waals surface area contributed by atoms with Crippen LogP contribution in [0.15, 0.2) is 0 Å². The second-order valence-electron chi connectivity index (χ2n) is 3.24. The van der Waals surface area contributed by atoms with E-state index in [-0.39, 0.29) is 12.0 Å². The summed E-state index contributed by atoms with van der Waals surface area (Å²) in [7, 11) is 0. The fourth-order valence-electron chi connectivity index (χ4n) is 1.52. The van der Waals surface area contributed by atoms with E-state index in [1.807, 2.05) is 0 Å². The number of hydrogen-bond donors (Lipinski definition) is 2. The van der Waals surface area contributed by atoms with Crippen molar-refractivity contribution in [3.8, 4) is 6.07 Å². The van der Waals surface area contributed by atoms with Gasteiger partial charge in [0.2, 0.25) is 0 Å². The molecule has 1 aliphatic rings. The minimum absolute atomic E-state index is 0.0972. The van der Waals surface area contributed by atoms with E-state index in [0.717, 1.165) is 25.9 Å². The first-order chi connectivity index (χ1) is 5.33. The fourth-order valence-corrected chi connectivity index (χ4v) is 1.52. The molecule has 0 unspecified atom stereocenters. The van der Waals surface area contributed by atoms with Crippen molar-refractivity contribution in [3.05, 3.63) is 0 Å². The SMILES string of the molecule is N#CCC1(CO)CCNCC1. The standard InChI is InChI=1S/C8H14N2O/c9-4-1-8(7-11)2-5-10-6-3-8/h10-11H,1-3,5-7H2. The molecule has 1 heterocycles. The Balaban J connectivity index is 2.51. The minimum atomic E-state index is -0.0972. The van der Waals surface area contributed by atoms with E-state index in [1.165, 1.54) is 0 Å². The van der Waals surface area contributed by atoms with Crippen molar-refractivity contribution in [1.82, 2.24) is 5.32 Å². The number of aliphatic hydroxyl groups excluding tert-OH is 1. The van der Waals surface area contributed by atoms with Crippen molar-refractivity contribution in [2.24, 2.45) is 5.41 Å². The normalized spacial score (nSPS) is 22.5. The van der Waals surface area contributed by atoms with Gasteiger partial charge in [0.15, 0.2) is 0 Å². The average molecular weight is 154 g/mol. The van der Waals surface area contributed by atoms with Gasteiger partial charge in [0.1, 0.15) is 0 Å². The van der Waals surface area contributed by atoms with E-state index in [0.29, 0.717) is 6.42 Å². The Morgan fingerprint density at radius 2 is 2.09 bits per heavy atom. The Bertz CT molecular complexity index is 156. The van der Waals surface area contributed by atoms with Crippen LogP contribution in [0, 0.1) is 16.7 Å². The third kappa shape index (κ3) is 1.92. The quantitative estimate of drug-likeness (QED) is 0.600. The molecule has 0 aromatic heterocycles. The van der Waals surface area contributed by atoms with E-state index < -0.39 is 0 Å². The van der Waals surface area contributed by atoms with Crippen LogP contribution in [0.4, 0.5) is 0 Å². The van der Waals surface area contributed by atoms with Crippen LogP contribution in [0.3, 0.4) is 0 Å². The Hall–Kier alpha value is -0.590. The topological polar surface area (TPSA) is 56.0 Å². The molecule has 0 radical (unpaired) electrons. The highest BCUT2D eigenvalue weighted by Gasteiger charge is 2.30. The summed E-state index contributed by atoms with van der Waals surface area (Å²) in [5.74, 6) is 0. The van der Waals surface area contributed by atoms with Gasteiger partial charge in [0, 0.05) is 18.4 Å². The second-order valence-corrected chi connectivity index (χ2v) is 3.24. The first-order valence-electron chi connectivity index (χ1n) is 4.01. The lowest BCUT2D eigenvalue weighted by Gasteiger charge is -2.33. The summed E-state index contributed by atoms with van der Waals surface area (Å²) in [6, 6.07) is 2.14. The van der Waals surface area contributed by atoms with Crippen molar-refractivity contribution >= 4 is 0 Å². The molecule has 0 bridgehead atoms. The third-order valence-corrected chi connectivity index (χ3v) is 2.45. The summed E-state index contributed by atoms with van der Waals surface area (Å²) in [6.07, 6.45) is 2.35. The molecular weight excluding hydrogens is 140 g/mol. The average Bonchev–Trinajstić information content (AvgIpc) is 2.07. The van der Waals surface area contributed by atoms with Crippen molar-refractivity contribution in [2.45, 2.75) is 19.3 Å². The van der Waals surface area contributed by atoms with E-state index in [1.54, 1.807) is 0 Å². The molecule has 1 aliphatic heterocycles. The van der Waals surface area contributed by atoms with Crippen LogP contribution in [0.1, 0.15) is 19.3 Å². The third-order valence-electron chi connectivity index (χ3n) is 2.45. The highest BCUT2D eigenvalue weighted by molar-refractivity contribution is 4.91. The molecule has 0 amide bonds. The number of piperidine rings is 1. The lowest BCUT2D eigenvalue weighted by atomic mass is 9.77. The Labute approximate surface area is 67.0 Å². The number of nitrogens with one attached hydrogen (secondary N) is 1. The lowest BCUT2D eigenvalue weighted by molar-refractivity contribution is 0.0936. The second kappa shape index (κ2) is 3.70. The molecule has 1 fully saturated rings. The molecular formula is C8H14N2O. The Morgan fingerprint density at radius 1 is 1.45 bits per heavy atom. The van der Waals surface area contributed by atoms with Gasteiger partial charge < -0.3 is 10.4 Å². The molecule has 62 valence electrons. The molecule has 0 aromatic rings. The largest absolute Gasteiger partial charge is 0.396 e. The van der Waals surface area contributed by atoms with Gasteiger partial charge in [-0.1, -0.05) is 0 Å². The van der Waals surface area contributed by atoms with E-state index in [4.69, 9.17) is 10.4 Å². The molecule has 11 heavy (non-hydrogen) atoms. The van der Waals surface area contributed by atoms with Crippen LogP contribution in [0.25, 0.3) is 0 Å². The summed E-state index contributed by atoms with van der Waals surface area (Å²) in [4.78, 5) is 0. The maximum absolute atomic E-state index is 9.09. The summed E-state index contributed by atoms with van der Waals surface area (Å²) >= 11 is 0. The van der Waals surface area contributed by atoms with Gasteiger partial charge in [-0.2, -0.15) is 5.26 Å². The van der Waals surface area contributed by atoms with Crippen molar-refractivity contribution in [3.63, 3.8) is 0 Å².